The van der Waals surface area contributed by atoms with Crippen LogP contribution in [0, 0.1) is 0 Å². The van der Waals surface area contributed by atoms with Gasteiger partial charge in [-0.05, 0) is 63.3 Å². The number of piperidine rings is 1. The Morgan fingerprint density at radius 2 is 1.85 bits per heavy atom. The lowest BCUT2D eigenvalue weighted by molar-refractivity contribution is -0.137. The fourth-order valence-electron chi connectivity index (χ4n) is 4.49. The molecule has 2 heterocycles. The molecule has 212 valence electrons. The number of ether oxygens (including phenoxy) is 1. The number of methoxy groups -OCH3 is 1. The average Bonchev–Trinajstić information content (AvgIpc) is 2.93. The van der Waals surface area contributed by atoms with Crippen LogP contribution in [0.2, 0.25) is 0 Å². The van der Waals surface area contributed by atoms with Crippen LogP contribution in [0.15, 0.2) is 61.3 Å². The van der Waals surface area contributed by atoms with E-state index in [2.05, 4.69) is 56.4 Å². The van der Waals surface area contributed by atoms with Crippen molar-refractivity contribution in [1.82, 2.24) is 14.9 Å². The van der Waals surface area contributed by atoms with E-state index in [0.717, 1.165) is 43.9 Å². The minimum Gasteiger partial charge on any atom is -0.494 e. The van der Waals surface area contributed by atoms with Gasteiger partial charge in [-0.25, -0.2) is 4.98 Å². The molecule has 12 heteroatoms. The molecule has 9 nitrogen and oxygen atoms in total. The summed E-state index contributed by atoms with van der Waals surface area (Å²) in [7, 11) is 5.71. The van der Waals surface area contributed by atoms with Gasteiger partial charge in [0.25, 0.3) is 0 Å². The standard InChI is InChI=1S/C28H32F3N7O2/c1-5-25(39)33-18-7-6-8-19(15-18)34-26-22(28(29,30)31)17-32-27(36-26)35-23-10-9-21(16-24(23)40-4)38-13-11-20(12-14-38)37(2)3/h5-10,15-17,20H,1,11-14H2,2-4H3,(H,33,39)(H2,32,34,35,36). The lowest BCUT2D eigenvalue weighted by atomic mass is 10.0. The third kappa shape index (κ3) is 7.00. The lowest BCUT2D eigenvalue weighted by Crippen LogP contribution is -2.41. The van der Waals surface area contributed by atoms with Crippen LogP contribution in [0.25, 0.3) is 0 Å². The molecule has 1 saturated heterocycles. The normalized spacial score (nSPS) is 14.1. The molecule has 2 aromatic carbocycles. The Kier molecular flexibility index (Phi) is 8.78. The number of hydrogen-bond donors (Lipinski definition) is 3. The average molecular weight is 556 g/mol. The van der Waals surface area contributed by atoms with Crippen LogP contribution in [0.1, 0.15) is 18.4 Å². The second-order valence-electron chi connectivity index (χ2n) is 9.54. The van der Waals surface area contributed by atoms with Crippen LogP contribution in [0.5, 0.6) is 5.75 Å². The number of nitrogens with zero attached hydrogens (tertiary/aromatic N) is 4. The largest absolute Gasteiger partial charge is 0.494 e. The molecule has 40 heavy (non-hydrogen) atoms. The summed E-state index contributed by atoms with van der Waals surface area (Å²) in [6.07, 6.45) is -0.786. The van der Waals surface area contributed by atoms with E-state index in [0.29, 0.717) is 23.2 Å². The molecule has 0 unspecified atom stereocenters. The van der Waals surface area contributed by atoms with E-state index in [1.807, 2.05) is 12.1 Å². The van der Waals surface area contributed by atoms with Crippen molar-refractivity contribution in [2.24, 2.45) is 0 Å². The zero-order valence-corrected chi connectivity index (χ0v) is 22.5. The molecular formula is C28H32F3N7O2. The highest BCUT2D eigenvalue weighted by atomic mass is 19.4. The van der Waals surface area contributed by atoms with Gasteiger partial charge >= 0.3 is 6.18 Å². The fourth-order valence-corrected chi connectivity index (χ4v) is 4.49. The van der Waals surface area contributed by atoms with Gasteiger partial charge in [0.1, 0.15) is 17.1 Å². The maximum absolute atomic E-state index is 13.8. The van der Waals surface area contributed by atoms with Crippen molar-refractivity contribution >= 4 is 40.4 Å². The van der Waals surface area contributed by atoms with Gasteiger partial charge in [-0.3, -0.25) is 4.79 Å². The van der Waals surface area contributed by atoms with Crippen molar-refractivity contribution in [3.8, 4) is 5.75 Å². The topological polar surface area (TPSA) is 94.6 Å². The Labute approximate surface area is 231 Å². The van der Waals surface area contributed by atoms with Gasteiger partial charge in [-0.2, -0.15) is 18.2 Å². The first-order valence-electron chi connectivity index (χ1n) is 12.7. The molecular weight excluding hydrogens is 523 g/mol. The number of carbonyl (C=O) groups excluding carboxylic acids is 1. The number of aromatic nitrogens is 2. The first kappa shape index (κ1) is 28.7. The maximum atomic E-state index is 13.8. The maximum Gasteiger partial charge on any atom is 0.421 e. The van der Waals surface area contributed by atoms with Crippen LogP contribution in [-0.4, -0.2) is 61.1 Å². The number of nitrogens with one attached hydrogen (secondary N) is 3. The van der Waals surface area contributed by atoms with E-state index in [4.69, 9.17) is 4.74 Å². The smallest absolute Gasteiger partial charge is 0.421 e. The van der Waals surface area contributed by atoms with E-state index >= 15 is 0 Å². The van der Waals surface area contributed by atoms with Gasteiger partial charge in [0.2, 0.25) is 11.9 Å². The number of benzene rings is 2. The molecule has 4 rings (SSSR count). The van der Waals surface area contributed by atoms with Crippen molar-refractivity contribution in [1.29, 1.82) is 0 Å². The molecule has 1 aliphatic heterocycles. The van der Waals surface area contributed by atoms with Crippen molar-refractivity contribution in [3.63, 3.8) is 0 Å². The summed E-state index contributed by atoms with van der Waals surface area (Å²) < 4.78 is 46.9. The summed E-state index contributed by atoms with van der Waals surface area (Å²) >= 11 is 0. The van der Waals surface area contributed by atoms with Crippen LogP contribution in [0.4, 0.5) is 47.7 Å². The first-order chi connectivity index (χ1) is 19.1. The third-order valence-electron chi connectivity index (χ3n) is 6.66. The number of amides is 1. The quantitative estimate of drug-likeness (QED) is 0.292. The van der Waals surface area contributed by atoms with E-state index in [-0.39, 0.29) is 11.6 Å². The van der Waals surface area contributed by atoms with Gasteiger partial charge in [-0.1, -0.05) is 12.6 Å². The lowest BCUT2D eigenvalue weighted by Gasteiger charge is -2.36. The number of halogens is 3. The van der Waals surface area contributed by atoms with Gasteiger partial charge in [0.15, 0.2) is 0 Å². The van der Waals surface area contributed by atoms with Crippen molar-refractivity contribution < 1.29 is 22.7 Å². The Morgan fingerprint density at radius 1 is 1.12 bits per heavy atom. The highest BCUT2D eigenvalue weighted by Gasteiger charge is 2.35. The summed E-state index contributed by atoms with van der Waals surface area (Å²) in [5.74, 6) is -0.434. The SMILES string of the molecule is C=CC(=O)Nc1cccc(Nc2nc(Nc3ccc(N4CCC(N(C)C)CC4)cc3OC)ncc2C(F)(F)F)c1. The Bertz CT molecular complexity index is 1360. The summed E-state index contributed by atoms with van der Waals surface area (Å²) in [5, 5.41) is 8.25. The Balaban J connectivity index is 1.56. The van der Waals surface area contributed by atoms with Crippen LogP contribution in [0.3, 0.4) is 0 Å². The summed E-state index contributed by atoms with van der Waals surface area (Å²) in [5.41, 5.74) is 1.14. The van der Waals surface area contributed by atoms with E-state index in [1.54, 1.807) is 24.3 Å². The highest BCUT2D eigenvalue weighted by molar-refractivity contribution is 5.99. The van der Waals surface area contributed by atoms with Crippen molar-refractivity contribution in [2.45, 2.75) is 25.1 Å². The van der Waals surface area contributed by atoms with Gasteiger partial charge in [0.05, 0.1) is 12.8 Å². The molecule has 1 fully saturated rings. The molecule has 0 radical (unpaired) electrons. The Hall–Kier alpha value is -4.32. The second-order valence-corrected chi connectivity index (χ2v) is 9.54. The number of anilines is 6. The summed E-state index contributed by atoms with van der Waals surface area (Å²) in [6.45, 7) is 5.21. The van der Waals surface area contributed by atoms with E-state index in [1.165, 1.54) is 13.2 Å². The third-order valence-corrected chi connectivity index (χ3v) is 6.66. The zero-order chi connectivity index (χ0) is 28.9. The van der Waals surface area contributed by atoms with Crippen LogP contribution < -0.4 is 25.6 Å². The molecule has 0 aliphatic carbocycles. The number of alkyl halides is 3. The molecule has 1 aromatic heterocycles. The minimum atomic E-state index is -4.70. The van der Waals surface area contributed by atoms with Gasteiger partial charge < -0.3 is 30.5 Å². The predicted molar refractivity (Wildman–Crippen MR) is 151 cm³/mol. The summed E-state index contributed by atoms with van der Waals surface area (Å²) in [6, 6.07) is 12.4. The molecule has 0 atom stereocenters. The minimum absolute atomic E-state index is 0.0514. The predicted octanol–water partition coefficient (Wildman–Crippen LogP) is 5.65. The number of rotatable bonds is 9. The second kappa shape index (κ2) is 12.2. The van der Waals surface area contributed by atoms with Crippen molar-refractivity contribution in [2.75, 3.05) is 55.1 Å². The first-order valence-corrected chi connectivity index (χ1v) is 12.7. The van der Waals surface area contributed by atoms with Gasteiger partial charge in [-0.15, -0.1) is 0 Å². The van der Waals surface area contributed by atoms with E-state index < -0.39 is 23.5 Å². The molecule has 0 bridgehead atoms. The fraction of sp³-hybridized carbons (Fsp3) is 0.321. The Morgan fingerprint density at radius 3 is 2.50 bits per heavy atom. The number of hydrogen-bond acceptors (Lipinski definition) is 8. The molecule has 3 aromatic rings. The van der Waals surface area contributed by atoms with Gasteiger partial charge in [0, 0.05) is 48.5 Å². The van der Waals surface area contributed by atoms with Crippen LogP contribution in [-0.2, 0) is 11.0 Å². The van der Waals surface area contributed by atoms with E-state index in [9.17, 15) is 18.0 Å². The summed E-state index contributed by atoms with van der Waals surface area (Å²) in [4.78, 5) is 24.2. The molecule has 0 spiro atoms. The molecule has 0 saturated carbocycles. The van der Waals surface area contributed by atoms with Crippen LogP contribution >= 0.6 is 0 Å². The monoisotopic (exact) mass is 555 g/mol. The number of carbonyl (C=O) groups is 1. The molecule has 1 amide bonds. The molecule has 3 N–H and O–H groups in total. The highest BCUT2D eigenvalue weighted by Crippen LogP contribution is 2.37. The zero-order valence-electron chi connectivity index (χ0n) is 22.5. The molecule has 1 aliphatic rings. The van der Waals surface area contributed by atoms with Crippen molar-refractivity contribution in [3.05, 3.63) is 66.9 Å².